The SMILES string of the molecule is O=C(Cn1c(=O)oc2cc([N+](=O)[O-])ccc21)NCc1ccc(-c2ccc(Cl)cc2)o1. The number of nitrogens with zero attached hydrogens (tertiary/aromatic N) is 2. The molecule has 0 radical (unpaired) electrons. The number of hydrogen-bond donors (Lipinski definition) is 1. The van der Waals surface area contributed by atoms with Crippen LogP contribution >= 0.6 is 11.6 Å². The number of carbonyl (C=O) groups excluding carboxylic acids is 1. The largest absolute Gasteiger partial charge is 0.459 e. The van der Waals surface area contributed by atoms with E-state index >= 15 is 0 Å². The molecule has 4 rings (SSSR count). The van der Waals surface area contributed by atoms with E-state index in [1.54, 1.807) is 24.3 Å². The summed E-state index contributed by atoms with van der Waals surface area (Å²) in [6.45, 7) is -0.170. The molecule has 2 aromatic heterocycles. The third-order valence-electron chi connectivity index (χ3n) is 4.41. The van der Waals surface area contributed by atoms with Gasteiger partial charge in [-0.25, -0.2) is 4.79 Å². The number of aromatic nitrogens is 1. The van der Waals surface area contributed by atoms with E-state index in [4.69, 9.17) is 20.4 Å². The zero-order valence-electron chi connectivity index (χ0n) is 15.3. The van der Waals surface area contributed by atoms with Crippen molar-refractivity contribution in [1.82, 2.24) is 9.88 Å². The predicted molar refractivity (Wildman–Crippen MR) is 108 cm³/mol. The number of hydrogen-bond acceptors (Lipinski definition) is 6. The lowest BCUT2D eigenvalue weighted by Crippen LogP contribution is -2.30. The van der Waals surface area contributed by atoms with Gasteiger partial charge in [-0.15, -0.1) is 0 Å². The van der Waals surface area contributed by atoms with Gasteiger partial charge in [0.1, 0.15) is 18.1 Å². The minimum absolute atomic E-state index is 0.0423. The van der Waals surface area contributed by atoms with E-state index in [1.807, 2.05) is 12.1 Å². The molecule has 0 aliphatic heterocycles. The van der Waals surface area contributed by atoms with E-state index in [2.05, 4.69) is 5.32 Å². The van der Waals surface area contributed by atoms with Gasteiger partial charge in [0.25, 0.3) is 5.69 Å². The summed E-state index contributed by atoms with van der Waals surface area (Å²) in [6, 6.07) is 14.4. The molecule has 0 unspecified atom stereocenters. The van der Waals surface area contributed by atoms with Gasteiger partial charge in [0, 0.05) is 16.7 Å². The Kier molecular flexibility index (Phi) is 5.11. The maximum Gasteiger partial charge on any atom is 0.420 e. The van der Waals surface area contributed by atoms with Crippen molar-refractivity contribution in [3.63, 3.8) is 0 Å². The predicted octanol–water partition coefficient (Wildman–Crippen LogP) is 3.73. The van der Waals surface area contributed by atoms with Crippen molar-refractivity contribution in [2.24, 2.45) is 0 Å². The van der Waals surface area contributed by atoms with Crippen molar-refractivity contribution in [1.29, 1.82) is 0 Å². The lowest BCUT2D eigenvalue weighted by atomic mass is 10.2. The van der Waals surface area contributed by atoms with Crippen LogP contribution in [0, 0.1) is 10.1 Å². The number of amides is 1. The Morgan fingerprint density at radius 3 is 2.60 bits per heavy atom. The highest BCUT2D eigenvalue weighted by molar-refractivity contribution is 6.30. The van der Waals surface area contributed by atoms with Crippen molar-refractivity contribution in [2.45, 2.75) is 13.1 Å². The molecule has 0 bridgehead atoms. The first-order valence-corrected chi connectivity index (χ1v) is 9.17. The molecule has 152 valence electrons. The molecule has 1 N–H and O–H groups in total. The van der Waals surface area contributed by atoms with E-state index < -0.39 is 16.6 Å². The normalized spacial score (nSPS) is 11.0. The lowest BCUT2D eigenvalue weighted by Gasteiger charge is -2.04. The average molecular weight is 428 g/mol. The molecule has 0 spiro atoms. The molecule has 0 fully saturated rings. The van der Waals surface area contributed by atoms with E-state index in [0.717, 1.165) is 16.2 Å². The van der Waals surface area contributed by atoms with Gasteiger partial charge in [-0.1, -0.05) is 11.6 Å². The van der Waals surface area contributed by atoms with Crippen LogP contribution in [0.3, 0.4) is 0 Å². The minimum atomic E-state index is -0.774. The monoisotopic (exact) mass is 427 g/mol. The van der Waals surface area contributed by atoms with Gasteiger partial charge in [-0.3, -0.25) is 19.5 Å². The quantitative estimate of drug-likeness (QED) is 0.369. The summed E-state index contributed by atoms with van der Waals surface area (Å²) in [6.07, 6.45) is 0. The van der Waals surface area contributed by atoms with Crippen LogP contribution in [0.4, 0.5) is 5.69 Å². The molecular formula is C20H14ClN3O6. The van der Waals surface area contributed by atoms with Crippen LogP contribution in [0.2, 0.25) is 5.02 Å². The number of benzene rings is 2. The Morgan fingerprint density at radius 1 is 1.10 bits per heavy atom. The van der Waals surface area contributed by atoms with Gasteiger partial charge in [0.05, 0.1) is 23.1 Å². The van der Waals surface area contributed by atoms with Crippen molar-refractivity contribution < 1.29 is 18.6 Å². The third-order valence-corrected chi connectivity index (χ3v) is 4.67. The summed E-state index contributed by atoms with van der Waals surface area (Å²) in [5, 5.41) is 14.1. The molecule has 0 saturated carbocycles. The second-order valence-corrected chi connectivity index (χ2v) is 6.85. The van der Waals surface area contributed by atoms with Crippen molar-refractivity contribution in [3.05, 3.63) is 86.0 Å². The fourth-order valence-electron chi connectivity index (χ4n) is 2.95. The molecule has 0 aliphatic rings. The zero-order valence-corrected chi connectivity index (χ0v) is 16.1. The molecule has 9 nitrogen and oxygen atoms in total. The van der Waals surface area contributed by atoms with Crippen molar-refractivity contribution >= 4 is 34.3 Å². The van der Waals surface area contributed by atoms with Gasteiger partial charge in [-0.2, -0.15) is 0 Å². The smallest absolute Gasteiger partial charge is 0.420 e. The summed E-state index contributed by atoms with van der Waals surface area (Å²) < 4.78 is 11.8. The molecule has 10 heteroatoms. The second-order valence-electron chi connectivity index (χ2n) is 6.41. The number of oxazole rings is 1. The van der Waals surface area contributed by atoms with Crippen LogP contribution in [0.25, 0.3) is 22.4 Å². The summed E-state index contributed by atoms with van der Waals surface area (Å²) in [5.41, 5.74) is 0.981. The summed E-state index contributed by atoms with van der Waals surface area (Å²) in [4.78, 5) is 34.6. The summed E-state index contributed by atoms with van der Waals surface area (Å²) in [5.74, 6) is -0.0471. The number of carbonyl (C=O) groups is 1. The Hall–Kier alpha value is -3.85. The zero-order chi connectivity index (χ0) is 21.3. The maximum absolute atomic E-state index is 12.3. The van der Waals surface area contributed by atoms with Gasteiger partial charge < -0.3 is 14.2 Å². The van der Waals surface area contributed by atoms with Crippen LogP contribution < -0.4 is 11.1 Å². The average Bonchev–Trinajstić information content (AvgIpc) is 3.31. The molecule has 0 atom stereocenters. The highest BCUT2D eigenvalue weighted by Crippen LogP contribution is 2.24. The number of nitro benzene ring substituents is 1. The number of fused-ring (bicyclic) bond motifs is 1. The summed E-state index contributed by atoms with van der Waals surface area (Å²) >= 11 is 5.88. The number of nitrogens with one attached hydrogen (secondary N) is 1. The van der Waals surface area contributed by atoms with Crippen molar-refractivity contribution in [2.75, 3.05) is 0 Å². The highest BCUT2D eigenvalue weighted by Gasteiger charge is 2.16. The number of furan rings is 1. The first-order valence-electron chi connectivity index (χ1n) is 8.80. The van der Waals surface area contributed by atoms with Crippen LogP contribution in [-0.2, 0) is 17.9 Å². The van der Waals surface area contributed by atoms with E-state index in [1.165, 1.54) is 12.1 Å². The number of rotatable bonds is 6. The van der Waals surface area contributed by atoms with E-state index in [0.29, 0.717) is 22.1 Å². The van der Waals surface area contributed by atoms with Gasteiger partial charge in [0.15, 0.2) is 5.58 Å². The third kappa shape index (κ3) is 3.96. The Balaban J connectivity index is 1.43. The van der Waals surface area contributed by atoms with Gasteiger partial charge in [-0.05, 0) is 42.5 Å². The molecule has 2 aromatic carbocycles. The van der Waals surface area contributed by atoms with Crippen LogP contribution in [-0.4, -0.2) is 15.4 Å². The number of non-ortho nitro benzene ring substituents is 1. The van der Waals surface area contributed by atoms with Gasteiger partial charge in [0.2, 0.25) is 5.91 Å². The standard InChI is InChI=1S/C20H14ClN3O6/c21-13-3-1-12(2-4-13)17-8-6-15(29-17)10-22-19(25)11-23-16-7-5-14(24(27)28)9-18(16)30-20(23)26/h1-9H,10-11H2,(H,22,25). The lowest BCUT2D eigenvalue weighted by molar-refractivity contribution is -0.384. The van der Waals surface area contributed by atoms with Crippen molar-refractivity contribution in [3.8, 4) is 11.3 Å². The Morgan fingerprint density at radius 2 is 1.87 bits per heavy atom. The first kappa shape index (κ1) is 19.5. The molecule has 1 amide bonds. The van der Waals surface area contributed by atoms with Crippen LogP contribution in [0.1, 0.15) is 5.76 Å². The molecule has 4 aromatic rings. The van der Waals surface area contributed by atoms with E-state index in [-0.39, 0.29) is 24.4 Å². The number of nitro groups is 1. The van der Waals surface area contributed by atoms with Crippen LogP contribution in [0.15, 0.2) is 68.2 Å². The maximum atomic E-state index is 12.3. The second kappa shape index (κ2) is 7.88. The Labute approximate surface area is 173 Å². The molecular weight excluding hydrogens is 414 g/mol. The van der Waals surface area contributed by atoms with Crippen LogP contribution in [0.5, 0.6) is 0 Å². The van der Waals surface area contributed by atoms with Gasteiger partial charge >= 0.3 is 5.76 Å². The molecule has 0 saturated heterocycles. The highest BCUT2D eigenvalue weighted by atomic mass is 35.5. The number of halogens is 1. The summed E-state index contributed by atoms with van der Waals surface area (Å²) in [7, 11) is 0. The molecule has 0 aliphatic carbocycles. The molecule has 2 heterocycles. The molecule has 30 heavy (non-hydrogen) atoms. The fraction of sp³-hybridized carbons (Fsp3) is 0.100. The minimum Gasteiger partial charge on any atom is -0.459 e. The van der Waals surface area contributed by atoms with E-state index in [9.17, 15) is 19.7 Å². The topological polar surface area (TPSA) is 121 Å². The Bertz CT molecular complexity index is 1300. The fourth-order valence-corrected chi connectivity index (χ4v) is 3.07. The first-order chi connectivity index (χ1) is 14.4.